The lowest BCUT2D eigenvalue weighted by molar-refractivity contribution is 0.131. The van der Waals surface area contributed by atoms with Crippen molar-refractivity contribution in [3.05, 3.63) is 59.5 Å². The molecule has 0 aliphatic carbocycles. The molecule has 0 amide bonds. The summed E-state index contributed by atoms with van der Waals surface area (Å²) in [4.78, 5) is 9.41. The van der Waals surface area contributed by atoms with Gasteiger partial charge in [0, 0.05) is 59.3 Å². The van der Waals surface area contributed by atoms with Crippen LogP contribution in [0.4, 0.5) is 0 Å². The third-order valence-electron chi connectivity index (χ3n) is 5.34. The van der Waals surface area contributed by atoms with Crippen molar-refractivity contribution >= 4 is 5.96 Å². The predicted octanol–water partition coefficient (Wildman–Crippen LogP) is 2.32. The molecule has 0 atom stereocenters. The largest absolute Gasteiger partial charge is 0.469 e. The third-order valence-corrected chi connectivity index (χ3v) is 5.34. The van der Waals surface area contributed by atoms with Crippen molar-refractivity contribution in [3.63, 3.8) is 0 Å². The monoisotopic (exact) mass is 383 g/mol. The number of furan rings is 1. The molecular formula is C22H33N5O. The lowest BCUT2D eigenvalue weighted by Gasteiger charge is -2.34. The molecular weight excluding hydrogens is 350 g/mol. The van der Waals surface area contributed by atoms with E-state index in [1.165, 1.54) is 24.2 Å². The van der Waals surface area contributed by atoms with Crippen LogP contribution >= 0.6 is 0 Å². The molecule has 0 saturated carbocycles. The fourth-order valence-corrected chi connectivity index (χ4v) is 3.55. The molecule has 0 bridgehead atoms. The van der Waals surface area contributed by atoms with Gasteiger partial charge in [-0.25, -0.2) is 0 Å². The van der Waals surface area contributed by atoms with E-state index < -0.39 is 0 Å². The molecule has 1 saturated heterocycles. The van der Waals surface area contributed by atoms with Crippen molar-refractivity contribution in [1.82, 2.24) is 20.4 Å². The van der Waals surface area contributed by atoms with Crippen LogP contribution in [0.2, 0.25) is 0 Å². The first-order chi connectivity index (χ1) is 13.8. The summed E-state index contributed by atoms with van der Waals surface area (Å²) in [5, 5.41) is 6.79. The summed E-state index contributed by atoms with van der Waals surface area (Å²) < 4.78 is 5.37. The first-order valence-electron chi connectivity index (χ1n) is 10.3. The number of piperazine rings is 1. The maximum atomic E-state index is 5.37. The van der Waals surface area contributed by atoms with Crippen LogP contribution in [-0.2, 0) is 19.5 Å². The summed E-state index contributed by atoms with van der Waals surface area (Å²) in [6, 6.07) is 12.6. The topological polar surface area (TPSA) is 56.0 Å². The molecule has 2 aromatic rings. The normalized spacial score (nSPS) is 16.3. The maximum Gasteiger partial charge on any atom is 0.191 e. The van der Waals surface area contributed by atoms with Crippen molar-refractivity contribution < 1.29 is 4.42 Å². The minimum Gasteiger partial charge on any atom is -0.469 e. The molecule has 152 valence electrons. The highest BCUT2D eigenvalue weighted by molar-refractivity contribution is 5.79. The Kier molecular flexibility index (Phi) is 7.94. The molecule has 6 nitrogen and oxygen atoms in total. The average Bonchev–Trinajstić information content (AvgIpc) is 3.25. The molecule has 1 aromatic carbocycles. The second-order valence-electron chi connectivity index (χ2n) is 7.16. The Bertz CT molecular complexity index is 720. The summed E-state index contributed by atoms with van der Waals surface area (Å²) >= 11 is 0. The number of benzene rings is 1. The van der Waals surface area contributed by atoms with Gasteiger partial charge in [0.05, 0.1) is 6.26 Å². The molecule has 0 spiro atoms. The molecule has 0 radical (unpaired) electrons. The highest BCUT2D eigenvalue weighted by atomic mass is 16.3. The summed E-state index contributed by atoms with van der Waals surface area (Å²) in [6.07, 6.45) is 2.55. The molecule has 0 unspecified atom stereocenters. The smallest absolute Gasteiger partial charge is 0.191 e. The van der Waals surface area contributed by atoms with E-state index in [0.717, 1.165) is 57.4 Å². The van der Waals surface area contributed by atoms with Crippen molar-refractivity contribution in [2.45, 2.75) is 26.4 Å². The highest BCUT2D eigenvalue weighted by Crippen LogP contribution is 2.13. The number of likely N-dealkylation sites (N-methyl/N-ethyl adjacent to an activating group) is 1. The lowest BCUT2D eigenvalue weighted by atomic mass is 10.1. The number of hydrogen-bond donors (Lipinski definition) is 2. The van der Waals surface area contributed by atoms with Gasteiger partial charge in [0.25, 0.3) is 0 Å². The average molecular weight is 384 g/mol. The van der Waals surface area contributed by atoms with Gasteiger partial charge in [0.15, 0.2) is 5.96 Å². The van der Waals surface area contributed by atoms with Gasteiger partial charge in [-0.05, 0) is 29.8 Å². The van der Waals surface area contributed by atoms with Gasteiger partial charge in [-0.1, -0.05) is 31.2 Å². The minimum absolute atomic E-state index is 0.769. The number of guanidine groups is 1. The van der Waals surface area contributed by atoms with Gasteiger partial charge in [0.2, 0.25) is 0 Å². The van der Waals surface area contributed by atoms with Crippen LogP contribution in [-0.4, -0.2) is 62.1 Å². The quantitative estimate of drug-likeness (QED) is 0.541. The second kappa shape index (κ2) is 10.9. The van der Waals surface area contributed by atoms with Gasteiger partial charge < -0.3 is 20.0 Å². The summed E-state index contributed by atoms with van der Waals surface area (Å²) in [6.45, 7) is 10.6. The number of nitrogens with zero attached hydrogens (tertiary/aromatic N) is 3. The Morgan fingerprint density at radius 2 is 1.75 bits per heavy atom. The summed E-state index contributed by atoms with van der Waals surface area (Å²) in [5.74, 6) is 1.80. The van der Waals surface area contributed by atoms with Crippen LogP contribution in [0, 0.1) is 0 Å². The molecule has 1 fully saturated rings. The molecule has 2 heterocycles. The van der Waals surface area contributed by atoms with Gasteiger partial charge in [-0.2, -0.15) is 0 Å². The minimum atomic E-state index is 0.769. The van der Waals surface area contributed by atoms with Crippen LogP contribution in [0.5, 0.6) is 0 Å². The molecule has 2 N–H and O–H groups in total. The van der Waals surface area contributed by atoms with Gasteiger partial charge in [0.1, 0.15) is 5.76 Å². The van der Waals surface area contributed by atoms with Crippen LogP contribution in [0.3, 0.4) is 0 Å². The van der Waals surface area contributed by atoms with Crippen molar-refractivity contribution in [2.75, 3.05) is 46.3 Å². The van der Waals surface area contributed by atoms with E-state index in [-0.39, 0.29) is 0 Å². The van der Waals surface area contributed by atoms with E-state index in [0.29, 0.717) is 0 Å². The van der Waals surface area contributed by atoms with Crippen LogP contribution in [0.15, 0.2) is 52.1 Å². The second-order valence-corrected chi connectivity index (χ2v) is 7.16. The first-order valence-corrected chi connectivity index (χ1v) is 10.3. The molecule has 6 heteroatoms. The van der Waals surface area contributed by atoms with E-state index in [1.54, 1.807) is 13.3 Å². The van der Waals surface area contributed by atoms with E-state index in [1.807, 2.05) is 12.1 Å². The van der Waals surface area contributed by atoms with Crippen LogP contribution < -0.4 is 10.6 Å². The predicted molar refractivity (Wildman–Crippen MR) is 114 cm³/mol. The Morgan fingerprint density at radius 3 is 2.43 bits per heavy atom. The van der Waals surface area contributed by atoms with Crippen LogP contribution in [0.25, 0.3) is 0 Å². The molecule has 1 aliphatic heterocycles. The maximum absolute atomic E-state index is 5.37. The zero-order valence-electron chi connectivity index (χ0n) is 17.2. The molecule has 3 rings (SSSR count). The Hall–Kier alpha value is -2.31. The SMILES string of the molecule is CCN1CCN(Cc2ccccc2CNC(=NC)NCCc2ccco2)CC1. The summed E-state index contributed by atoms with van der Waals surface area (Å²) in [5.41, 5.74) is 2.72. The Morgan fingerprint density at radius 1 is 1.00 bits per heavy atom. The third kappa shape index (κ3) is 6.11. The van der Waals surface area contributed by atoms with E-state index in [9.17, 15) is 0 Å². The van der Waals surface area contributed by atoms with Crippen molar-refractivity contribution in [1.29, 1.82) is 0 Å². The Labute approximate surface area is 168 Å². The van der Waals surface area contributed by atoms with Crippen molar-refractivity contribution in [2.24, 2.45) is 4.99 Å². The van der Waals surface area contributed by atoms with E-state index in [2.05, 4.69) is 56.6 Å². The number of nitrogens with one attached hydrogen (secondary N) is 2. The van der Waals surface area contributed by atoms with Gasteiger partial charge in [-0.15, -0.1) is 0 Å². The van der Waals surface area contributed by atoms with Crippen molar-refractivity contribution in [3.8, 4) is 0 Å². The number of rotatable bonds is 8. The fraction of sp³-hybridized carbons (Fsp3) is 0.500. The highest BCUT2D eigenvalue weighted by Gasteiger charge is 2.16. The summed E-state index contributed by atoms with van der Waals surface area (Å²) in [7, 11) is 1.81. The first kappa shape index (κ1) is 20.4. The van der Waals surface area contributed by atoms with Gasteiger partial charge in [-0.3, -0.25) is 9.89 Å². The number of aliphatic imine (C=N–C) groups is 1. The lowest BCUT2D eigenvalue weighted by Crippen LogP contribution is -2.45. The zero-order valence-corrected chi connectivity index (χ0v) is 17.2. The Balaban J connectivity index is 1.48. The molecule has 1 aromatic heterocycles. The fourth-order valence-electron chi connectivity index (χ4n) is 3.55. The van der Waals surface area contributed by atoms with Crippen LogP contribution in [0.1, 0.15) is 23.8 Å². The van der Waals surface area contributed by atoms with E-state index in [4.69, 9.17) is 4.42 Å². The molecule has 28 heavy (non-hydrogen) atoms. The number of hydrogen-bond acceptors (Lipinski definition) is 4. The molecule has 1 aliphatic rings. The van der Waals surface area contributed by atoms with E-state index >= 15 is 0 Å². The van der Waals surface area contributed by atoms with Gasteiger partial charge >= 0.3 is 0 Å². The standard InChI is InChI=1S/C22H33N5O/c1-3-26-12-14-27(15-13-26)18-20-8-5-4-7-19(20)17-25-22(23-2)24-11-10-21-9-6-16-28-21/h4-9,16H,3,10-15,17-18H2,1-2H3,(H2,23,24,25). The zero-order chi connectivity index (χ0) is 19.6.